The number of urea groups is 1. The Morgan fingerprint density at radius 2 is 1.92 bits per heavy atom. The fraction of sp³-hybridized carbons (Fsp3) is 0.429. The van der Waals surface area contributed by atoms with E-state index < -0.39 is 24.2 Å². The molecular formula is C28H31FN4O5. The third-order valence-electron chi connectivity index (χ3n) is 7.50. The molecule has 2 fully saturated rings. The Morgan fingerprint density at radius 3 is 2.66 bits per heavy atom. The molecule has 2 saturated heterocycles. The first kappa shape index (κ1) is 25.7. The molecule has 1 aromatic heterocycles. The molecule has 0 spiro atoms. The van der Waals surface area contributed by atoms with E-state index in [4.69, 9.17) is 9.52 Å². The number of carboxylic acid groups (broad SMARTS) is 1. The van der Waals surface area contributed by atoms with Crippen molar-refractivity contribution in [1.29, 1.82) is 0 Å². The van der Waals surface area contributed by atoms with Gasteiger partial charge in [0.05, 0.1) is 0 Å². The molecule has 5 rings (SSSR count). The molecule has 2 amide bonds. The van der Waals surface area contributed by atoms with Gasteiger partial charge >= 0.3 is 12.0 Å². The molecule has 9 nitrogen and oxygen atoms in total. The topological polar surface area (TPSA) is 116 Å². The van der Waals surface area contributed by atoms with Crippen LogP contribution in [0, 0.1) is 18.8 Å². The number of anilines is 2. The summed E-state index contributed by atoms with van der Waals surface area (Å²) >= 11 is 0. The van der Waals surface area contributed by atoms with Gasteiger partial charge in [0.1, 0.15) is 11.3 Å². The largest absolute Gasteiger partial charge is 0.481 e. The number of carboxylic acids is 1. The number of nitrogens with zero attached hydrogens (tertiary/aromatic N) is 3. The lowest BCUT2D eigenvalue weighted by atomic mass is 9.94. The van der Waals surface area contributed by atoms with Crippen LogP contribution in [-0.4, -0.2) is 63.6 Å². The molecule has 0 aliphatic carbocycles. The molecule has 0 bridgehead atoms. The number of piperidine rings is 1. The van der Waals surface area contributed by atoms with Crippen molar-refractivity contribution < 1.29 is 28.3 Å². The number of Topliss-reactive ketones (excluding diaryl/α,β-unsaturated/α-hetero) is 1. The zero-order chi connectivity index (χ0) is 26.8. The Kier molecular flexibility index (Phi) is 7.31. The van der Waals surface area contributed by atoms with Crippen molar-refractivity contribution in [3.8, 4) is 0 Å². The second-order valence-corrected chi connectivity index (χ2v) is 10.2. The number of para-hydroxylation sites is 1. The number of oxazole rings is 1. The minimum atomic E-state index is -1.51. The summed E-state index contributed by atoms with van der Waals surface area (Å²) in [6.07, 6.45) is -0.181. The number of hydrogen-bond donors (Lipinski definition) is 2. The highest BCUT2D eigenvalue weighted by Crippen LogP contribution is 2.30. The van der Waals surface area contributed by atoms with E-state index in [1.165, 1.54) is 0 Å². The molecule has 3 aromatic rings. The quantitative estimate of drug-likeness (QED) is 0.423. The molecule has 2 aliphatic rings. The number of carbonyl (C=O) groups excluding carboxylic acids is 2. The number of rotatable bonds is 7. The number of aryl methyl sites for hydroxylation is 1. The Bertz CT molecular complexity index is 1350. The summed E-state index contributed by atoms with van der Waals surface area (Å²) in [5.41, 5.74) is 3.89. The molecule has 2 N–H and O–H groups in total. The minimum absolute atomic E-state index is 0.0188. The number of fused-ring (bicyclic) bond motifs is 1. The molecule has 0 unspecified atom stereocenters. The molecule has 200 valence electrons. The maximum atomic E-state index is 14.8. The molecule has 0 saturated carbocycles. The molecule has 3 heterocycles. The summed E-state index contributed by atoms with van der Waals surface area (Å²) in [4.78, 5) is 44.1. The lowest BCUT2D eigenvalue weighted by molar-refractivity contribution is -0.138. The second-order valence-electron chi connectivity index (χ2n) is 10.2. The monoisotopic (exact) mass is 522 g/mol. The number of ketones is 1. The summed E-state index contributed by atoms with van der Waals surface area (Å²) in [7, 11) is 0. The highest BCUT2D eigenvalue weighted by molar-refractivity contribution is 5.86. The predicted molar refractivity (Wildman–Crippen MR) is 139 cm³/mol. The number of aliphatic carboxylic acids is 1. The number of alkyl halides is 1. The number of amides is 2. The molecule has 0 radical (unpaired) electrons. The highest BCUT2D eigenvalue weighted by atomic mass is 19.1. The molecule has 2 aliphatic heterocycles. The Labute approximate surface area is 219 Å². The number of carbonyl (C=O) groups is 3. The normalized spacial score (nSPS) is 20.2. The number of nitrogens with one attached hydrogen (secondary N) is 1. The van der Waals surface area contributed by atoms with Gasteiger partial charge in [0.2, 0.25) is 0 Å². The van der Waals surface area contributed by atoms with Crippen molar-refractivity contribution in [2.24, 2.45) is 11.8 Å². The zero-order valence-electron chi connectivity index (χ0n) is 21.2. The lowest BCUT2D eigenvalue weighted by Gasteiger charge is -2.34. The van der Waals surface area contributed by atoms with E-state index in [1.807, 2.05) is 37.3 Å². The first-order valence-corrected chi connectivity index (χ1v) is 12.9. The third-order valence-corrected chi connectivity index (χ3v) is 7.50. The van der Waals surface area contributed by atoms with Gasteiger partial charge in [-0.05, 0) is 55.0 Å². The van der Waals surface area contributed by atoms with Gasteiger partial charge in [-0.25, -0.2) is 9.18 Å². The van der Waals surface area contributed by atoms with Crippen molar-refractivity contribution in [2.75, 3.05) is 25.0 Å². The molecule has 2 aromatic carbocycles. The zero-order valence-corrected chi connectivity index (χ0v) is 21.2. The number of hydrogen-bond acceptors (Lipinski definition) is 6. The average Bonchev–Trinajstić information content (AvgIpc) is 3.47. The van der Waals surface area contributed by atoms with Gasteiger partial charge in [0, 0.05) is 50.5 Å². The van der Waals surface area contributed by atoms with Crippen LogP contribution < -0.4 is 5.32 Å². The van der Waals surface area contributed by atoms with Crippen molar-refractivity contribution >= 4 is 40.6 Å². The number of likely N-dealkylation sites (tertiary alicyclic amines) is 2. The van der Waals surface area contributed by atoms with E-state index in [2.05, 4.69) is 10.3 Å². The van der Waals surface area contributed by atoms with Crippen molar-refractivity contribution in [3.63, 3.8) is 0 Å². The summed E-state index contributed by atoms with van der Waals surface area (Å²) in [6, 6.07) is 13.1. The van der Waals surface area contributed by atoms with Crippen LogP contribution in [0.1, 0.15) is 36.8 Å². The van der Waals surface area contributed by atoms with Crippen LogP contribution in [0.5, 0.6) is 0 Å². The van der Waals surface area contributed by atoms with E-state index in [0.29, 0.717) is 43.0 Å². The Balaban J connectivity index is 1.18. The van der Waals surface area contributed by atoms with Gasteiger partial charge in [-0.15, -0.1) is 0 Å². The summed E-state index contributed by atoms with van der Waals surface area (Å²) < 4.78 is 20.7. The minimum Gasteiger partial charge on any atom is -0.481 e. The highest BCUT2D eigenvalue weighted by Gasteiger charge is 2.41. The molecule has 2 atom stereocenters. The Hall–Kier alpha value is -3.95. The van der Waals surface area contributed by atoms with Crippen LogP contribution in [0.2, 0.25) is 0 Å². The van der Waals surface area contributed by atoms with Crippen LogP contribution in [0.4, 0.5) is 20.9 Å². The van der Waals surface area contributed by atoms with E-state index in [-0.39, 0.29) is 37.5 Å². The maximum Gasteiger partial charge on any atom is 0.322 e. The second kappa shape index (κ2) is 10.8. The summed E-state index contributed by atoms with van der Waals surface area (Å²) in [5, 5.41) is 12.1. The van der Waals surface area contributed by atoms with Crippen LogP contribution in [0.3, 0.4) is 0 Å². The molecular weight excluding hydrogens is 491 g/mol. The van der Waals surface area contributed by atoms with Gasteiger partial charge in [-0.3, -0.25) is 14.5 Å². The fourth-order valence-electron chi connectivity index (χ4n) is 5.28. The summed E-state index contributed by atoms with van der Waals surface area (Å²) in [6.45, 7) is 2.83. The standard InChI is InChI=1S/C28H31FN4O5/c1-17-4-2-3-5-21(17)30-27-31-22-7-6-19(13-24(22)38-27)12-23(34)20-15-25(29)33(16-20)28(37)32-10-8-18(9-11-32)14-26(35)36/h2-7,13,18,20,25H,8-12,14-16H2,1H3,(H,30,31)(H,35,36)/t20-,25+/m0/s1. The first-order chi connectivity index (χ1) is 18.3. The average molecular weight is 523 g/mol. The van der Waals surface area contributed by atoms with Crippen molar-refractivity contribution in [2.45, 2.75) is 45.3 Å². The van der Waals surface area contributed by atoms with Gasteiger partial charge in [0.25, 0.3) is 6.01 Å². The third kappa shape index (κ3) is 5.64. The van der Waals surface area contributed by atoms with E-state index >= 15 is 0 Å². The number of aromatic nitrogens is 1. The van der Waals surface area contributed by atoms with Gasteiger partial charge < -0.3 is 19.7 Å². The van der Waals surface area contributed by atoms with E-state index in [0.717, 1.165) is 21.7 Å². The van der Waals surface area contributed by atoms with Crippen molar-refractivity contribution in [3.05, 3.63) is 53.6 Å². The predicted octanol–water partition coefficient (Wildman–Crippen LogP) is 4.92. The van der Waals surface area contributed by atoms with Crippen LogP contribution in [0.25, 0.3) is 11.1 Å². The van der Waals surface area contributed by atoms with Crippen LogP contribution >= 0.6 is 0 Å². The maximum absolute atomic E-state index is 14.8. The van der Waals surface area contributed by atoms with E-state index in [1.54, 1.807) is 17.0 Å². The van der Waals surface area contributed by atoms with Gasteiger partial charge in [-0.1, -0.05) is 24.3 Å². The SMILES string of the molecule is Cc1ccccc1Nc1nc2ccc(CC(=O)[C@H]3C[C@H](F)N(C(=O)N4CCC(CC(=O)O)CC4)C3)cc2o1. The van der Waals surface area contributed by atoms with Crippen molar-refractivity contribution in [1.82, 2.24) is 14.8 Å². The van der Waals surface area contributed by atoms with Crippen LogP contribution in [0.15, 0.2) is 46.9 Å². The lowest BCUT2D eigenvalue weighted by Crippen LogP contribution is -2.48. The molecule has 38 heavy (non-hydrogen) atoms. The number of halogens is 1. The number of benzene rings is 2. The van der Waals surface area contributed by atoms with E-state index in [9.17, 15) is 18.8 Å². The molecule has 10 heteroatoms. The fourth-order valence-corrected chi connectivity index (χ4v) is 5.28. The smallest absolute Gasteiger partial charge is 0.322 e. The van der Waals surface area contributed by atoms with Gasteiger partial charge in [-0.2, -0.15) is 4.98 Å². The Morgan fingerprint density at radius 1 is 1.16 bits per heavy atom. The van der Waals surface area contributed by atoms with Gasteiger partial charge in [0.15, 0.2) is 11.9 Å². The first-order valence-electron chi connectivity index (χ1n) is 12.9. The summed E-state index contributed by atoms with van der Waals surface area (Å²) in [5.74, 6) is -1.52. The van der Waals surface area contributed by atoms with Crippen LogP contribution in [-0.2, 0) is 16.0 Å².